The average molecular weight is 282 g/mol. The summed E-state index contributed by atoms with van der Waals surface area (Å²) in [7, 11) is 0. The highest BCUT2D eigenvalue weighted by atomic mass is 16.4. The summed E-state index contributed by atoms with van der Waals surface area (Å²) >= 11 is 0. The zero-order chi connectivity index (χ0) is 15.6. The highest BCUT2D eigenvalue weighted by Gasteiger charge is 2.64. The molecule has 6 nitrogen and oxygen atoms in total. The Morgan fingerprint density at radius 1 is 1.25 bits per heavy atom. The molecule has 0 aromatic rings. The predicted octanol–water partition coefficient (Wildman–Crippen LogP) is 1.01. The van der Waals surface area contributed by atoms with E-state index >= 15 is 0 Å². The molecule has 110 valence electrons. The van der Waals surface area contributed by atoms with E-state index in [9.17, 15) is 24.6 Å². The van der Waals surface area contributed by atoms with Crippen LogP contribution in [0.2, 0.25) is 0 Å². The zero-order valence-electron chi connectivity index (χ0n) is 11.3. The van der Waals surface area contributed by atoms with Gasteiger partial charge in [0.2, 0.25) is 0 Å². The van der Waals surface area contributed by atoms with Crippen molar-refractivity contribution in [2.24, 2.45) is 10.8 Å². The number of carboxylic acids is 2. The Hall–Kier alpha value is -1.95. The number of carbonyl (C=O) groups excluding carboxylic acids is 1. The molecule has 1 aliphatic rings. The number of hydrogen-bond donors (Lipinski definition) is 3. The number of allylic oxidation sites excluding steroid dienone is 2. The number of rotatable bonds is 6. The minimum atomic E-state index is -2.12. The van der Waals surface area contributed by atoms with E-state index in [0.717, 1.165) is 0 Å². The van der Waals surface area contributed by atoms with E-state index in [1.165, 1.54) is 19.1 Å². The van der Waals surface area contributed by atoms with Crippen LogP contribution in [-0.2, 0) is 14.4 Å². The van der Waals surface area contributed by atoms with Gasteiger partial charge in [0.25, 0.3) is 0 Å². The van der Waals surface area contributed by atoms with E-state index in [4.69, 9.17) is 5.11 Å². The smallest absolute Gasteiger partial charge is 0.319 e. The molecule has 1 rings (SSSR count). The second-order valence-corrected chi connectivity index (χ2v) is 5.01. The second-order valence-electron chi connectivity index (χ2n) is 5.01. The van der Waals surface area contributed by atoms with Crippen LogP contribution in [-0.4, -0.2) is 39.6 Å². The lowest BCUT2D eigenvalue weighted by molar-refractivity contribution is -0.175. The lowest BCUT2D eigenvalue weighted by Gasteiger charge is -2.44. The van der Waals surface area contributed by atoms with Crippen LogP contribution in [0.5, 0.6) is 0 Å². The van der Waals surface area contributed by atoms with Gasteiger partial charge in [0.15, 0.2) is 11.2 Å². The Morgan fingerprint density at radius 3 is 2.25 bits per heavy atom. The van der Waals surface area contributed by atoms with Crippen molar-refractivity contribution >= 4 is 17.7 Å². The first-order valence-corrected chi connectivity index (χ1v) is 6.22. The van der Waals surface area contributed by atoms with Crippen LogP contribution >= 0.6 is 0 Å². The standard InChI is InChI=1S/C14H18O6/c1-9(2)10(16)14(12(19)20)6-4-3-5-13(14,7-8-15)11(17)18/h3,5,15H,1,4,6-8H2,2H3,(H,17,18)(H,19,20). The molecule has 0 amide bonds. The Bertz CT molecular complexity index is 492. The van der Waals surface area contributed by atoms with E-state index in [0.29, 0.717) is 0 Å². The maximum absolute atomic E-state index is 12.4. The number of aliphatic hydroxyl groups is 1. The van der Waals surface area contributed by atoms with E-state index in [-0.39, 0.29) is 24.8 Å². The van der Waals surface area contributed by atoms with Gasteiger partial charge in [-0.1, -0.05) is 18.7 Å². The van der Waals surface area contributed by atoms with Gasteiger partial charge < -0.3 is 15.3 Å². The fraction of sp³-hybridized carbons (Fsp3) is 0.500. The van der Waals surface area contributed by atoms with Gasteiger partial charge in [-0.15, -0.1) is 0 Å². The molecule has 20 heavy (non-hydrogen) atoms. The lowest BCUT2D eigenvalue weighted by Crippen LogP contribution is -2.58. The van der Waals surface area contributed by atoms with Crippen LogP contribution in [0.25, 0.3) is 0 Å². The SMILES string of the molecule is C=C(C)C(=O)C1(C(=O)O)CCC=CC1(CCO)C(=O)O. The number of hydrogen-bond acceptors (Lipinski definition) is 4. The highest BCUT2D eigenvalue weighted by Crippen LogP contribution is 2.52. The minimum Gasteiger partial charge on any atom is -0.481 e. The normalized spacial score (nSPS) is 28.9. The Labute approximate surface area is 116 Å². The number of carboxylic acid groups (broad SMARTS) is 2. The first kappa shape index (κ1) is 16.1. The van der Waals surface area contributed by atoms with Gasteiger partial charge in [0.1, 0.15) is 5.41 Å². The quantitative estimate of drug-likeness (QED) is 0.381. The molecule has 0 saturated heterocycles. The van der Waals surface area contributed by atoms with Crippen molar-refractivity contribution in [1.82, 2.24) is 0 Å². The third kappa shape index (κ3) is 2.06. The van der Waals surface area contributed by atoms with Gasteiger partial charge in [-0.3, -0.25) is 14.4 Å². The first-order chi connectivity index (χ1) is 9.26. The second kappa shape index (κ2) is 5.58. The molecule has 0 spiro atoms. The van der Waals surface area contributed by atoms with Crippen molar-refractivity contribution in [2.45, 2.75) is 26.2 Å². The molecule has 0 aliphatic heterocycles. The molecule has 0 radical (unpaired) electrons. The molecule has 3 N–H and O–H groups in total. The number of ketones is 1. The molecule has 0 aromatic carbocycles. The molecule has 2 atom stereocenters. The van der Waals surface area contributed by atoms with E-state index in [1.807, 2.05) is 0 Å². The van der Waals surface area contributed by atoms with Crippen molar-refractivity contribution in [3.8, 4) is 0 Å². The van der Waals surface area contributed by atoms with Gasteiger partial charge in [0, 0.05) is 6.61 Å². The van der Waals surface area contributed by atoms with Crippen LogP contribution < -0.4 is 0 Å². The summed E-state index contributed by atoms with van der Waals surface area (Å²) in [6, 6.07) is 0. The maximum atomic E-state index is 12.4. The van der Waals surface area contributed by atoms with Crippen LogP contribution in [0.4, 0.5) is 0 Å². The number of aliphatic carboxylic acids is 2. The van der Waals surface area contributed by atoms with Gasteiger partial charge in [-0.2, -0.15) is 0 Å². The van der Waals surface area contributed by atoms with Crippen molar-refractivity contribution < 1.29 is 29.7 Å². The van der Waals surface area contributed by atoms with Crippen molar-refractivity contribution in [3.05, 3.63) is 24.3 Å². The van der Waals surface area contributed by atoms with Crippen molar-refractivity contribution in [3.63, 3.8) is 0 Å². The average Bonchev–Trinajstić information content (AvgIpc) is 2.38. The molecule has 1 aliphatic carbocycles. The summed E-state index contributed by atoms with van der Waals surface area (Å²) < 4.78 is 0. The molecule has 0 fully saturated rings. The fourth-order valence-electron chi connectivity index (χ4n) is 2.86. The van der Waals surface area contributed by atoms with Gasteiger partial charge in [-0.25, -0.2) is 0 Å². The van der Waals surface area contributed by atoms with E-state index in [2.05, 4.69) is 6.58 Å². The predicted molar refractivity (Wildman–Crippen MR) is 70.0 cm³/mol. The van der Waals surface area contributed by atoms with Crippen LogP contribution in [0, 0.1) is 10.8 Å². The number of aliphatic hydroxyl groups excluding tert-OH is 1. The van der Waals surface area contributed by atoms with E-state index < -0.39 is 35.2 Å². The molecule has 6 heteroatoms. The number of Topliss-reactive ketones (excluding diaryl/α,β-unsaturated/α-hetero) is 1. The lowest BCUT2D eigenvalue weighted by atomic mass is 9.54. The summed E-state index contributed by atoms with van der Waals surface area (Å²) in [5, 5.41) is 28.2. The highest BCUT2D eigenvalue weighted by molar-refractivity contribution is 6.15. The Morgan fingerprint density at radius 2 is 1.85 bits per heavy atom. The molecular formula is C14H18O6. The van der Waals surface area contributed by atoms with E-state index in [1.54, 1.807) is 0 Å². The van der Waals surface area contributed by atoms with Gasteiger partial charge in [-0.05, 0) is 31.8 Å². The summed E-state index contributed by atoms with van der Waals surface area (Å²) in [6.07, 6.45) is 2.58. The monoisotopic (exact) mass is 282 g/mol. The van der Waals surface area contributed by atoms with Gasteiger partial charge in [0.05, 0.1) is 0 Å². The van der Waals surface area contributed by atoms with Crippen LogP contribution in [0.15, 0.2) is 24.3 Å². The third-order valence-electron chi connectivity index (χ3n) is 3.88. The Balaban J connectivity index is 3.64. The number of carbonyl (C=O) groups is 3. The largest absolute Gasteiger partial charge is 0.481 e. The maximum Gasteiger partial charge on any atom is 0.319 e. The van der Waals surface area contributed by atoms with Crippen LogP contribution in [0.1, 0.15) is 26.2 Å². The summed E-state index contributed by atoms with van der Waals surface area (Å²) in [5.41, 5.74) is -4.09. The summed E-state index contributed by atoms with van der Waals surface area (Å²) in [6.45, 7) is 4.28. The van der Waals surface area contributed by atoms with Crippen molar-refractivity contribution in [1.29, 1.82) is 0 Å². The summed E-state index contributed by atoms with van der Waals surface area (Å²) in [4.78, 5) is 35.9. The summed E-state index contributed by atoms with van der Waals surface area (Å²) in [5.74, 6) is -3.73. The molecule has 0 saturated carbocycles. The topological polar surface area (TPSA) is 112 Å². The Kier molecular flexibility index (Phi) is 4.50. The molecular weight excluding hydrogens is 264 g/mol. The molecule has 2 unspecified atom stereocenters. The fourth-order valence-corrected chi connectivity index (χ4v) is 2.86. The van der Waals surface area contributed by atoms with Gasteiger partial charge >= 0.3 is 11.9 Å². The first-order valence-electron chi connectivity index (χ1n) is 6.22. The molecule has 0 aromatic heterocycles. The van der Waals surface area contributed by atoms with Crippen LogP contribution in [0.3, 0.4) is 0 Å². The molecule has 0 heterocycles. The zero-order valence-corrected chi connectivity index (χ0v) is 11.3. The molecule has 0 bridgehead atoms. The third-order valence-corrected chi connectivity index (χ3v) is 3.88. The van der Waals surface area contributed by atoms with Crippen molar-refractivity contribution in [2.75, 3.05) is 6.61 Å². The minimum absolute atomic E-state index is 0.00809.